The minimum absolute atomic E-state index is 0.0742. The van der Waals surface area contributed by atoms with Gasteiger partial charge in [-0.05, 0) is 18.8 Å². The van der Waals surface area contributed by atoms with Crippen LogP contribution in [-0.4, -0.2) is 57.4 Å². The molecule has 1 fully saturated rings. The molecule has 0 aromatic rings. The fourth-order valence-electron chi connectivity index (χ4n) is 2.04. The summed E-state index contributed by atoms with van der Waals surface area (Å²) in [5, 5.41) is 6.13. The molecule has 0 spiro atoms. The zero-order valence-electron chi connectivity index (χ0n) is 11.0. The summed E-state index contributed by atoms with van der Waals surface area (Å²) in [6, 6.07) is 0.0742. The molecule has 1 atom stereocenters. The van der Waals surface area contributed by atoms with E-state index in [1.165, 1.54) is 6.42 Å². The second-order valence-corrected chi connectivity index (χ2v) is 4.67. The molecule has 5 nitrogen and oxygen atoms in total. The second kappa shape index (κ2) is 8.31. The van der Waals surface area contributed by atoms with Crippen LogP contribution >= 0.6 is 0 Å². The largest absolute Gasteiger partial charge is 0.383 e. The van der Waals surface area contributed by atoms with Crippen LogP contribution in [0.5, 0.6) is 0 Å². The maximum absolute atomic E-state index is 11.8. The molecule has 1 rings (SSSR count). The first-order valence-electron chi connectivity index (χ1n) is 6.46. The third-order valence-corrected chi connectivity index (χ3v) is 3.01. The molecular formula is C12H25N3O2. The molecule has 0 bridgehead atoms. The SMILES string of the molecule is COCCNCCNC(=O)N1CCCC(C)C1. The van der Waals surface area contributed by atoms with Crippen LogP contribution < -0.4 is 10.6 Å². The van der Waals surface area contributed by atoms with E-state index in [9.17, 15) is 4.79 Å². The molecule has 5 heteroatoms. The van der Waals surface area contributed by atoms with Crippen molar-refractivity contribution in [2.45, 2.75) is 19.8 Å². The Balaban J connectivity index is 2.04. The fourth-order valence-corrected chi connectivity index (χ4v) is 2.04. The molecule has 1 aliphatic rings. The molecule has 0 radical (unpaired) electrons. The van der Waals surface area contributed by atoms with Crippen molar-refractivity contribution in [3.05, 3.63) is 0 Å². The van der Waals surface area contributed by atoms with Gasteiger partial charge in [0.15, 0.2) is 0 Å². The van der Waals surface area contributed by atoms with Crippen molar-refractivity contribution in [2.75, 3.05) is 46.4 Å². The molecule has 0 aromatic heterocycles. The number of carbonyl (C=O) groups excluding carboxylic acids is 1. The summed E-state index contributed by atoms with van der Waals surface area (Å²) in [4.78, 5) is 13.7. The van der Waals surface area contributed by atoms with Gasteiger partial charge in [0.05, 0.1) is 6.61 Å². The Hall–Kier alpha value is -0.810. The van der Waals surface area contributed by atoms with E-state index in [0.29, 0.717) is 19.1 Å². The number of ether oxygens (including phenoxy) is 1. The van der Waals surface area contributed by atoms with Crippen LogP contribution in [0.3, 0.4) is 0 Å². The quantitative estimate of drug-likeness (QED) is 0.674. The van der Waals surface area contributed by atoms with Crippen molar-refractivity contribution in [2.24, 2.45) is 5.92 Å². The van der Waals surface area contributed by atoms with Crippen molar-refractivity contribution in [3.8, 4) is 0 Å². The number of urea groups is 1. The molecule has 2 N–H and O–H groups in total. The Morgan fingerprint density at radius 2 is 2.24 bits per heavy atom. The number of nitrogens with one attached hydrogen (secondary N) is 2. The van der Waals surface area contributed by atoms with Crippen LogP contribution in [0.1, 0.15) is 19.8 Å². The summed E-state index contributed by atoms with van der Waals surface area (Å²) in [6.45, 7) is 6.98. The lowest BCUT2D eigenvalue weighted by Gasteiger charge is -2.30. The van der Waals surface area contributed by atoms with Crippen LogP contribution in [-0.2, 0) is 4.74 Å². The van der Waals surface area contributed by atoms with E-state index in [0.717, 1.165) is 32.6 Å². The maximum Gasteiger partial charge on any atom is 0.317 e. The average Bonchev–Trinajstić information content (AvgIpc) is 2.33. The maximum atomic E-state index is 11.8. The Morgan fingerprint density at radius 1 is 1.41 bits per heavy atom. The first-order chi connectivity index (χ1) is 8.24. The Bertz CT molecular complexity index is 224. The third kappa shape index (κ3) is 5.89. The van der Waals surface area contributed by atoms with Gasteiger partial charge in [-0.3, -0.25) is 0 Å². The van der Waals surface area contributed by atoms with Crippen LogP contribution in [0.15, 0.2) is 0 Å². The van der Waals surface area contributed by atoms with E-state index >= 15 is 0 Å². The molecule has 1 unspecified atom stereocenters. The Labute approximate surface area is 104 Å². The second-order valence-electron chi connectivity index (χ2n) is 4.67. The molecule has 0 aliphatic carbocycles. The van der Waals surface area contributed by atoms with E-state index in [1.54, 1.807) is 7.11 Å². The van der Waals surface area contributed by atoms with E-state index in [2.05, 4.69) is 17.6 Å². The van der Waals surface area contributed by atoms with Crippen LogP contribution in [0.2, 0.25) is 0 Å². The number of likely N-dealkylation sites (tertiary alicyclic amines) is 1. The van der Waals surface area contributed by atoms with Gasteiger partial charge in [0.2, 0.25) is 0 Å². The van der Waals surface area contributed by atoms with Crippen LogP contribution in [0.4, 0.5) is 4.79 Å². The molecule has 1 saturated heterocycles. The molecule has 0 aromatic carbocycles. The zero-order valence-corrected chi connectivity index (χ0v) is 11.0. The van der Waals surface area contributed by atoms with Gasteiger partial charge in [-0.2, -0.15) is 0 Å². The predicted octanol–water partition coefficient (Wildman–Crippen LogP) is 0.664. The summed E-state index contributed by atoms with van der Waals surface area (Å²) in [6.07, 6.45) is 2.36. The van der Waals surface area contributed by atoms with Gasteiger partial charge in [-0.1, -0.05) is 6.92 Å². The van der Waals surface area contributed by atoms with E-state index in [1.807, 2.05) is 4.90 Å². The number of amides is 2. The van der Waals surface area contributed by atoms with E-state index in [-0.39, 0.29) is 6.03 Å². The number of hydrogen-bond acceptors (Lipinski definition) is 3. The smallest absolute Gasteiger partial charge is 0.317 e. The van der Waals surface area contributed by atoms with Gasteiger partial charge in [-0.15, -0.1) is 0 Å². The Morgan fingerprint density at radius 3 is 2.94 bits per heavy atom. The minimum Gasteiger partial charge on any atom is -0.383 e. The van der Waals surface area contributed by atoms with Gasteiger partial charge in [0.25, 0.3) is 0 Å². The van der Waals surface area contributed by atoms with Crippen molar-refractivity contribution in [1.82, 2.24) is 15.5 Å². The number of hydrogen-bond donors (Lipinski definition) is 2. The molecule has 0 saturated carbocycles. The van der Waals surface area contributed by atoms with Gasteiger partial charge in [-0.25, -0.2) is 4.79 Å². The highest BCUT2D eigenvalue weighted by atomic mass is 16.5. The van der Waals surface area contributed by atoms with Crippen molar-refractivity contribution >= 4 is 6.03 Å². The first-order valence-corrected chi connectivity index (χ1v) is 6.46. The van der Waals surface area contributed by atoms with Gasteiger partial charge in [0.1, 0.15) is 0 Å². The number of rotatable bonds is 6. The van der Waals surface area contributed by atoms with E-state index < -0.39 is 0 Å². The summed E-state index contributed by atoms with van der Waals surface area (Å²) in [5.41, 5.74) is 0. The topological polar surface area (TPSA) is 53.6 Å². The average molecular weight is 243 g/mol. The zero-order chi connectivity index (χ0) is 12.5. The fraction of sp³-hybridized carbons (Fsp3) is 0.917. The molecule has 2 amide bonds. The lowest BCUT2D eigenvalue weighted by atomic mass is 10.0. The first kappa shape index (κ1) is 14.3. The number of nitrogens with zero attached hydrogens (tertiary/aromatic N) is 1. The normalized spacial score (nSPS) is 20.4. The molecular weight excluding hydrogens is 218 g/mol. The van der Waals surface area contributed by atoms with Crippen molar-refractivity contribution in [1.29, 1.82) is 0 Å². The molecule has 17 heavy (non-hydrogen) atoms. The summed E-state index contributed by atoms with van der Waals surface area (Å²) in [5.74, 6) is 0.634. The highest BCUT2D eigenvalue weighted by Gasteiger charge is 2.20. The highest BCUT2D eigenvalue weighted by molar-refractivity contribution is 5.74. The Kier molecular flexibility index (Phi) is 6.96. The molecule has 100 valence electrons. The monoisotopic (exact) mass is 243 g/mol. The number of carbonyl (C=O) groups is 1. The van der Waals surface area contributed by atoms with Gasteiger partial charge < -0.3 is 20.3 Å². The lowest BCUT2D eigenvalue weighted by Crippen LogP contribution is -2.46. The van der Waals surface area contributed by atoms with Crippen molar-refractivity contribution in [3.63, 3.8) is 0 Å². The van der Waals surface area contributed by atoms with Crippen LogP contribution in [0.25, 0.3) is 0 Å². The standard InChI is InChI=1S/C12H25N3O2/c1-11-4-3-8-15(10-11)12(16)14-6-5-13-7-9-17-2/h11,13H,3-10H2,1-2H3,(H,14,16). The predicted molar refractivity (Wildman–Crippen MR) is 68.1 cm³/mol. The number of methoxy groups -OCH3 is 1. The molecule has 1 heterocycles. The summed E-state index contributed by atoms with van der Waals surface area (Å²) < 4.78 is 4.92. The summed E-state index contributed by atoms with van der Waals surface area (Å²) >= 11 is 0. The van der Waals surface area contributed by atoms with Crippen LogP contribution in [0, 0.1) is 5.92 Å². The third-order valence-electron chi connectivity index (χ3n) is 3.01. The highest BCUT2D eigenvalue weighted by Crippen LogP contribution is 2.14. The summed E-state index contributed by atoms with van der Waals surface area (Å²) in [7, 11) is 1.68. The minimum atomic E-state index is 0.0742. The van der Waals surface area contributed by atoms with Gasteiger partial charge >= 0.3 is 6.03 Å². The van der Waals surface area contributed by atoms with E-state index in [4.69, 9.17) is 4.74 Å². The molecule has 1 aliphatic heterocycles. The number of piperidine rings is 1. The van der Waals surface area contributed by atoms with Gasteiger partial charge in [0, 0.05) is 39.8 Å². The lowest BCUT2D eigenvalue weighted by molar-refractivity contribution is 0.169. The van der Waals surface area contributed by atoms with Crippen molar-refractivity contribution < 1.29 is 9.53 Å².